The Balaban J connectivity index is 1.35. The van der Waals surface area contributed by atoms with Crippen molar-refractivity contribution in [3.05, 3.63) is 60.0 Å². The normalized spacial score (nSPS) is 18.2. The molecule has 0 spiro atoms. The molecule has 0 saturated carbocycles. The van der Waals surface area contributed by atoms with Gasteiger partial charge in [-0.15, -0.1) is 0 Å². The number of aryl methyl sites for hydroxylation is 2. The Hall–Kier alpha value is -3.30. The largest absolute Gasteiger partial charge is 0.497 e. The van der Waals surface area contributed by atoms with E-state index in [1.54, 1.807) is 7.11 Å². The molecular weight excluding hydrogens is 438 g/mol. The van der Waals surface area contributed by atoms with E-state index in [-0.39, 0.29) is 6.42 Å². The summed E-state index contributed by atoms with van der Waals surface area (Å²) < 4.78 is 7.41. The van der Waals surface area contributed by atoms with Gasteiger partial charge in [-0.2, -0.15) is 0 Å². The quantitative estimate of drug-likeness (QED) is 0.454. The average molecular weight is 474 g/mol. The van der Waals surface area contributed by atoms with Gasteiger partial charge in [0.1, 0.15) is 5.75 Å². The van der Waals surface area contributed by atoms with Crippen LogP contribution in [-0.4, -0.2) is 52.3 Å². The number of carboxylic acids is 1. The molecule has 1 aliphatic rings. The molecule has 6 nitrogen and oxygen atoms in total. The fourth-order valence-corrected chi connectivity index (χ4v) is 5.23. The number of aliphatic carboxylic acids is 1. The number of fused-ring (bicyclic) bond motifs is 1. The van der Waals surface area contributed by atoms with Crippen molar-refractivity contribution >= 4 is 16.9 Å². The number of hydrogen-bond donors (Lipinski definition) is 1. The summed E-state index contributed by atoms with van der Waals surface area (Å²) in [5.41, 5.74) is 3.32. The molecule has 0 radical (unpaired) electrons. The van der Waals surface area contributed by atoms with Crippen LogP contribution in [0.5, 0.6) is 5.75 Å². The van der Waals surface area contributed by atoms with Crippen LogP contribution in [0.2, 0.25) is 0 Å². The summed E-state index contributed by atoms with van der Waals surface area (Å²) in [7, 11) is 3.69. The van der Waals surface area contributed by atoms with Gasteiger partial charge in [-0.05, 0) is 86.4 Å². The molecule has 1 fully saturated rings. The number of nitrogens with zero attached hydrogens (tertiary/aromatic N) is 3. The van der Waals surface area contributed by atoms with Gasteiger partial charge in [0.25, 0.3) is 0 Å². The molecule has 3 heterocycles. The van der Waals surface area contributed by atoms with Crippen LogP contribution < -0.4 is 4.74 Å². The van der Waals surface area contributed by atoms with Crippen molar-refractivity contribution in [2.24, 2.45) is 18.9 Å². The molecule has 4 rings (SSSR count). The number of piperidine rings is 1. The Bertz CT molecular complexity index is 1210. The zero-order chi connectivity index (χ0) is 24.6. The maximum Gasteiger partial charge on any atom is 0.303 e. The Morgan fingerprint density at radius 1 is 1.23 bits per heavy atom. The fourth-order valence-electron chi connectivity index (χ4n) is 5.23. The number of hydrogen-bond acceptors (Lipinski definition) is 4. The Morgan fingerprint density at radius 2 is 2.11 bits per heavy atom. The zero-order valence-corrected chi connectivity index (χ0v) is 20.7. The second-order valence-electron chi connectivity index (χ2n) is 9.59. The predicted octanol–water partition coefficient (Wildman–Crippen LogP) is 4.76. The number of rotatable bonds is 9. The molecule has 0 amide bonds. The minimum Gasteiger partial charge on any atom is -0.497 e. The molecule has 2 atom stereocenters. The van der Waals surface area contributed by atoms with Crippen molar-refractivity contribution < 1.29 is 14.6 Å². The summed E-state index contributed by atoms with van der Waals surface area (Å²) in [6, 6.07) is 10.2. The first-order valence-corrected chi connectivity index (χ1v) is 12.5. The van der Waals surface area contributed by atoms with E-state index in [2.05, 4.69) is 33.9 Å². The molecule has 1 aromatic carbocycles. The van der Waals surface area contributed by atoms with Gasteiger partial charge in [0.05, 0.1) is 19.2 Å². The van der Waals surface area contributed by atoms with Crippen LogP contribution >= 0.6 is 0 Å². The Morgan fingerprint density at radius 3 is 2.89 bits per heavy atom. The van der Waals surface area contributed by atoms with E-state index in [4.69, 9.17) is 4.74 Å². The maximum atomic E-state index is 11.3. The third-order valence-corrected chi connectivity index (χ3v) is 7.13. The van der Waals surface area contributed by atoms with Crippen molar-refractivity contribution in [1.82, 2.24) is 14.5 Å². The topological polar surface area (TPSA) is 67.6 Å². The van der Waals surface area contributed by atoms with E-state index >= 15 is 0 Å². The number of likely N-dealkylation sites (tertiary alicyclic amines) is 1. The molecule has 1 saturated heterocycles. The summed E-state index contributed by atoms with van der Waals surface area (Å²) in [6.07, 6.45) is 11.2. The van der Waals surface area contributed by atoms with Crippen LogP contribution in [0, 0.1) is 23.7 Å². The van der Waals surface area contributed by atoms with E-state index in [1.807, 2.05) is 48.4 Å². The SMILES string of the molecule is COc1ccc2nccc(CCCC3CCN(CC#Cc4ccn(C)c4)CC3CCC(=O)O)c2c1. The summed E-state index contributed by atoms with van der Waals surface area (Å²) in [5, 5.41) is 10.4. The Kier molecular flexibility index (Phi) is 8.44. The van der Waals surface area contributed by atoms with Crippen LogP contribution in [0.4, 0.5) is 0 Å². The number of pyridine rings is 1. The standard InChI is InChI=1S/C29H35N3O3/c1-31-17-13-22(20-31)5-4-16-32-18-14-23(25(21-32)8-11-29(33)34)6-3-7-24-12-15-30-28-10-9-26(35-2)19-27(24)28/h9-10,12-13,15,17,19-20,23,25H,3,6-8,11,14,16,18,21H2,1-2H3,(H,33,34). The lowest BCUT2D eigenvalue weighted by Gasteiger charge is -2.38. The van der Waals surface area contributed by atoms with E-state index in [9.17, 15) is 9.90 Å². The van der Waals surface area contributed by atoms with Crippen molar-refractivity contribution in [2.75, 3.05) is 26.7 Å². The van der Waals surface area contributed by atoms with Crippen molar-refractivity contribution in [2.45, 2.75) is 38.5 Å². The molecule has 184 valence electrons. The third-order valence-electron chi connectivity index (χ3n) is 7.13. The number of ether oxygens (including phenoxy) is 1. The molecule has 3 aromatic rings. The smallest absolute Gasteiger partial charge is 0.303 e. The first-order chi connectivity index (χ1) is 17.0. The van der Waals surface area contributed by atoms with Crippen LogP contribution in [-0.2, 0) is 18.3 Å². The number of benzene rings is 1. The van der Waals surface area contributed by atoms with Gasteiger partial charge >= 0.3 is 5.97 Å². The van der Waals surface area contributed by atoms with Gasteiger partial charge < -0.3 is 14.4 Å². The minimum atomic E-state index is -0.707. The first kappa shape index (κ1) is 24.8. The first-order valence-electron chi connectivity index (χ1n) is 12.5. The number of aromatic nitrogens is 2. The van der Waals surface area contributed by atoms with Gasteiger partial charge in [0, 0.05) is 49.6 Å². The molecule has 2 aromatic heterocycles. The maximum absolute atomic E-state index is 11.3. The summed E-state index contributed by atoms with van der Waals surface area (Å²) >= 11 is 0. The molecule has 0 aliphatic carbocycles. The van der Waals surface area contributed by atoms with Gasteiger partial charge in [0.15, 0.2) is 0 Å². The summed E-state index contributed by atoms with van der Waals surface area (Å²) in [4.78, 5) is 18.2. The monoisotopic (exact) mass is 473 g/mol. The second kappa shape index (κ2) is 11.9. The van der Waals surface area contributed by atoms with Crippen LogP contribution in [0.3, 0.4) is 0 Å². The highest BCUT2D eigenvalue weighted by molar-refractivity contribution is 5.83. The third kappa shape index (κ3) is 6.86. The highest BCUT2D eigenvalue weighted by Crippen LogP contribution is 2.32. The summed E-state index contributed by atoms with van der Waals surface area (Å²) in [6.45, 7) is 2.68. The van der Waals surface area contributed by atoms with E-state index in [1.165, 1.54) is 5.56 Å². The lowest BCUT2D eigenvalue weighted by atomic mass is 9.79. The van der Waals surface area contributed by atoms with E-state index < -0.39 is 5.97 Å². The van der Waals surface area contributed by atoms with Crippen molar-refractivity contribution in [1.29, 1.82) is 0 Å². The van der Waals surface area contributed by atoms with Gasteiger partial charge in [0.2, 0.25) is 0 Å². The Labute approximate surface area is 207 Å². The molecule has 1 N–H and O–H groups in total. The van der Waals surface area contributed by atoms with Crippen LogP contribution in [0.25, 0.3) is 10.9 Å². The number of carboxylic acid groups (broad SMARTS) is 1. The van der Waals surface area contributed by atoms with E-state index in [0.29, 0.717) is 11.8 Å². The molecule has 2 unspecified atom stereocenters. The van der Waals surface area contributed by atoms with Crippen molar-refractivity contribution in [3.63, 3.8) is 0 Å². The van der Waals surface area contributed by atoms with Crippen molar-refractivity contribution in [3.8, 4) is 17.6 Å². The number of carbonyl (C=O) groups is 1. The average Bonchev–Trinajstić information content (AvgIpc) is 3.28. The lowest BCUT2D eigenvalue weighted by molar-refractivity contribution is -0.137. The minimum absolute atomic E-state index is 0.236. The predicted molar refractivity (Wildman–Crippen MR) is 138 cm³/mol. The fraction of sp³-hybridized carbons (Fsp3) is 0.448. The second-order valence-corrected chi connectivity index (χ2v) is 9.59. The molecular formula is C29H35N3O3. The highest BCUT2D eigenvalue weighted by Gasteiger charge is 2.28. The molecule has 0 bridgehead atoms. The highest BCUT2D eigenvalue weighted by atomic mass is 16.5. The molecule has 1 aliphatic heterocycles. The summed E-state index contributed by atoms with van der Waals surface area (Å²) in [5.74, 6) is 7.64. The van der Waals surface area contributed by atoms with Crippen LogP contribution in [0.1, 0.15) is 43.2 Å². The molecule has 35 heavy (non-hydrogen) atoms. The van der Waals surface area contributed by atoms with Gasteiger partial charge in [-0.1, -0.05) is 11.8 Å². The molecule has 6 heteroatoms. The van der Waals surface area contributed by atoms with Crippen LogP contribution in [0.15, 0.2) is 48.9 Å². The lowest BCUT2D eigenvalue weighted by Crippen LogP contribution is -2.41. The number of methoxy groups -OCH3 is 1. The van der Waals surface area contributed by atoms with E-state index in [0.717, 1.165) is 74.0 Å². The zero-order valence-electron chi connectivity index (χ0n) is 20.7. The van der Waals surface area contributed by atoms with Gasteiger partial charge in [-0.3, -0.25) is 14.7 Å². The van der Waals surface area contributed by atoms with Gasteiger partial charge in [-0.25, -0.2) is 0 Å².